The van der Waals surface area contributed by atoms with Crippen molar-refractivity contribution in [2.24, 2.45) is 11.3 Å². The van der Waals surface area contributed by atoms with Crippen molar-refractivity contribution in [1.29, 1.82) is 0 Å². The molecule has 0 aromatic heterocycles. The van der Waals surface area contributed by atoms with Crippen LogP contribution in [0.4, 0.5) is 4.79 Å². The van der Waals surface area contributed by atoms with Crippen molar-refractivity contribution in [3.05, 3.63) is 0 Å². The summed E-state index contributed by atoms with van der Waals surface area (Å²) < 4.78 is 15.8. The minimum absolute atomic E-state index is 0.228. The van der Waals surface area contributed by atoms with E-state index >= 15 is 0 Å². The average Bonchev–Trinajstić information content (AvgIpc) is 2.68. The quantitative estimate of drug-likeness (QED) is 0.718. The minimum Gasteiger partial charge on any atom is -0.466 e. The van der Waals surface area contributed by atoms with Crippen molar-refractivity contribution >= 4 is 12.1 Å². The molecule has 114 valence electrons. The zero-order chi connectivity index (χ0) is 15.0. The molecule has 2 heterocycles. The molecule has 2 aliphatic rings. The van der Waals surface area contributed by atoms with E-state index in [-0.39, 0.29) is 23.4 Å². The second-order valence-corrected chi connectivity index (χ2v) is 6.52. The zero-order valence-corrected chi connectivity index (χ0v) is 12.6. The van der Waals surface area contributed by atoms with Crippen molar-refractivity contribution in [3.63, 3.8) is 0 Å². The van der Waals surface area contributed by atoms with E-state index in [0.29, 0.717) is 32.9 Å². The van der Waals surface area contributed by atoms with Crippen molar-refractivity contribution in [2.45, 2.75) is 33.3 Å². The molecule has 2 fully saturated rings. The molecule has 6 heteroatoms. The largest absolute Gasteiger partial charge is 0.466 e. The fourth-order valence-corrected chi connectivity index (χ4v) is 2.70. The number of carbonyl (C=O) groups is 2. The van der Waals surface area contributed by atoms with E-state index < -0.39 is 5.60 Å². The number of likely N-dealkylation sites (tertiary alicyclic amines) is 1. The highest BCUT2D eigenvalue weighted by Gasteiger charge is 2.57. The van der Waals surface area contributed by atoms with Gasteiger partial charge in [-0.05, 0) is 27.7 Å². The lowest BCUT2D eigenvalue weighted by Crippen LogP contribution is -2.63. The first-order chi connectivity index (χ1) is 9.27. The fraction of sp³-hybridized carbons (Fsp3) is 0.857. The van der Waals surface area contributed by atoms with Gasteiger partial charge in [0, 0.05) is 18.5 Å². The molecule has 2 rings (SSSR count). The predicted octanol–water partition coefficient (Wildman–Crippen LogP) is 1.43. The first-order valence-electron chi connectivity index (χ1n) is 7.00. The van der Waals surface area contributed by atoms with Gasteiger partial charge in [-0.15, -0.1) is 0 Å². The molecule has 0 aromatic rings. The standard InChI is InChI=1S/C14H23NO5/c1-5-19-11(16)10-6-18-9-14(10)7-15(8-14)12(17)20-13(2,3)4/h10H,5-9H2,1-4H3. The van der Waals surface area contributed by atoms with E-state index in [2.05, 4.69) is 0 Å². The van der Waals surface area contributed by atoms with Crippen LogP contribution >= 0.6 is 0 Å². The van der Waals surface area contributed by atoms with Gasteiger partial charge >= 0.3 is 12.1 Å². The fourth-order valence-electron chi connectivity index (χ4n) is 2.70. The maximum Gasteiger partial charge on any atom is 0.410 e. The number of ether oxygens (including phenoxy) is 3. The molecule has 6 nitrogen and oxygen atoms in total. The lowest BCUT2D eigenvalue weighted by molar-refractivity contribution is -0.155. The van der Waals surface area contributed by atoms with Gasteiger partial charge in [0.1, 0.15) is 5.60 Å². The first-order valence-corrected chi connectivity index (χ1v) is 7.00. The number of amides is 1. The summed E-state index contributed by atoms with van der Waals surface area (Å²) >= 11 is 0. The molecule has 1 spiro atoms. The van der Waals surface area contributed by atoms with Crippen LogP contribution in [0.1, 0.15) is 27.7 Å². The molecule has 0 aliphatic carbocycles. The Morgan fingerprint density at radius 1 is 1.35 bits per heavy atom. The Morgan fingerprint density at radius 2 is 2.00 bits per heavy atom. The SMILES string of the molecule is CCOC(=O)C1COCC12CN(C(=O)OC(C)(C)C)C2. The van der Waals surface area contributed by atoms with Gasteiger partial charge in [-0.2, -0.15) is 0 Å². The molecule has 2 aliphatic heterocycles. The lowest BCUT2D eigenvalue weighted by Gasteiger charge is -2.49. The summed E-state index contributed by atoms with van der Waals surface area (Å²) in [5.74, 6) is -0.505. The van der Waals surface area contributed by atoms with Gasteiger partial charge in [-0.3, -0.25) is 4.79 Å². The molecule has 0 bridgehead atoms. The Kier molecular flexibility index (Phi) is 3.95. The van der Waals surface area contributed by atoms with E-state index in [0.717, 1.165) is 0 Å². The van der Waals surface area contributed by atoms with Crippen LogP contribution in [0, 0.1) is 11.3 Å². The number of nitrogens with zero attached hydrogens (tertiary/aromatic N) is 1. The molecule has 0 aromatic carbocycles. The summed E-state index contributed by atoms with van der Waals surface area (Å²) in [4.78, 5) is 25.5. The molecule has 0 saturated carbocycles. The maximum atomic E-state index is 11.9. The molecule has 0 N–H and O–H groups in total. The first kappa shape index (κ1) is 15.1. The Hall–Kier alpha value is -1.30. The Morgan fingerprint density at radius 3 is 2.55 bits per heavy atom. The summed E-state index contributed by atoms with van der Waals surface area (Å²) in [5, 5.41) is 0. The number of hydrogen-bond acceptors (Lipinski definition) is 5. The molecule has 1 amide bonds. The molecule has 0 radical (unpaired) electrons. The third-order valence-corrected chi connectivity index (χ3v) is 3.65. The molecule has 1 atom stereocenters. The highest BCUT2D eigenvalue weighted by molar-refractivity contribution is 5.76. The van der Waals surface area contributed by atoms with Crippen molar-refractivity contribution < 1.29 is 23.8 Å². The number of esters is 1. The zero-order valence-electron chi connectivity index (χ0n) is 12.6. The van der Waals surface area contributed by atoms with Crippen LogP contribution in [-0.2, 0) is 19.0 Å². The Bertz CT molecular complexity index is 395. The Labute approximate surface area is 119 Å². The second-order valence-electron chi connectivity index (χ2n) is 6.52. The van der Waals surface area contributed by atoms with Gasteiger partial charge in [0.25, 0.3) is 0 Å². The highest BCUT2D eigenvalue weighted by Crippen LogP contribution is 2.43. The van der Waals surface area contributed by atoms with Crippen LogP contribution in [-0.4, -0.2) is 55.5 Å². The van der Waals surface area contributed by atoms with Crippen molar-refractivity contribution in [3.8, 4) is 0 Å². The van der Waals surface area contributed by atoms with Crippen LogP contribution in [0.5, 0.6) is 0 Å². The summed E-state index contributed by atoms with van der Waals surface area (Å²) in [6.45, 7) is 9.50. The average molecular weight is 285 g/mol. The van der Waals surface area contributed by atoms with Crippen LogP contribution in [0.3, 0.4) is 0 Å². The second kappa shape index (κ2) is 5.24. The highest BCUT2D eigenvalue weighted by atomic mass is 16.6. The summed E-state index contributed by atoms with van der Waals surface area (Å²) in [6, 6.07) is 0. The molecule has 20 heavy (non-hydrogen) atoms. The van der Waals surface area contributed by atoms with Gasteiger partial charge in [0.2, 0.25) is 0 Å². The molecule has 1 unspecified atom stereocenters. The number of carbonyl (C=O) groups excluding carboxylic acids is 2. The lowest BCUT2D eigenvalue weighted by atomic mass is 9.72. The maximum absolute atomic E-state index is 11.9. The summed E-state index contributed by atoms with van der Waals surface area (Å²) in [6.07, 6.45) is -0.336. The number of hydrogen-bond donors (Lipinski definition) is 0. The number of rotatable bonds is 2. The molecule has 2 saturated heterocycles. The van der Waals surface area contributed by atoms with E-state index in [4.69, 9.17) is 14.2 Å². The third kappa shape index (κ3) is 2.90. The Balaban J connectivity index is 1.93. The smallest absolute Gasteiger partial charge is 0.410 e. The van der Waals surface area contributed by atoms with Gasteiger partial charge in [0.05, 0.1) is 25.7 Å². The normalized spacial score (nSPS) is 24.4. The minimum atomic E-state index is -0.507. The monoisotopic (exact) mass is 285 g/mol. The molecular formula is C14H23NO5. The molecular weight excluding hydrogens is 262 g/mol. The van der Waals surface area contributed by atoms with E-state index in [1.807, 2.05) is 20.8 Å². The summed E-state index contributed by atoms with van der Waals surface area (Å²) in [7, 11) is 0. The third-order valence-electron chi connectivity index (χ3n) is 3.65. The van der Waals surface area contributed by atoms with Gasteiger partial charge in [0.15, 0.2) is 0 Å². The van der Waals surface area contributed by atoms with Crippen LogP contribution in [0.25, 0.3) is 0 Å². The van der Waals surface area contributed by atoms with E-state index in [1.165, 1.54) is 0 Å². The van der Waals surface area contributed by atoms with E-state index in [9.17, 15) is 9.59 Å². The van der Waals surface area contributed by atoms with Gasteiger partial charge in [-0.25, -0.2) is 4.79 Å². The summed E-state index contributed by atoms with van der Waals surface area (Å²) in [5.41, 5.74) is -0.796. The van der Waals surface area contributed by atoms with Gasteiger partial charge in [-0.1, -0.05) is 0 Å². The topological polar surface area (TPSA) is 65.1 Å². The van der Waals surface area contributed by atoms with Gasteiger partial charge < -0.3 is 19.1 Å². The van der Waals surface area contributed by atoms with Crippen LogP contribution < -0.4 is 0 Å². The van der Waals surface area contributed by atoms with E-state index in [1.54, 1.807) is 11.8 Å². The predicted molar refractivity (Wildman–Crippen MR) is 71.2 cm³/mol. The van der Waals surface area contributed by atoms with Crippen LogP contribution in [0.15, 0.2) is 0 Å². The van der Waals surface area contributed by atoms with Crippen LogP contribution in [0.2, 0.25) is 0 Å². The van der Waals surface area contributed by atoms with Crippen molar-refractivity contribution in [2.75, 3.05) is 32.9 Å². The van der Waals surface area contributed by atoms with Crippen molar-refractivity contribution in [1.82, 2.24) is 4.90 Å².